The summed E-state index contributed by atoms with van der Waals surface area (Å²) in [5.41, 5.74) is 0. The van der Waals surface area contributed by atoms with Crippen molar-refractivity contribution in [2.24, 2.45) is 5.92 Å². The van der Waals surface area contributed by atoms with Gasteiger partial charge in [0.1, 0.15) is 6.04 Å². The fourth-order valence-electron chi connectivity index (χ4n) is 1.81. The standard InChI is InChI=1S/C13H23NO5/c1-3-4-9(2)5-7-11(15)14-10(13(18)19)6-8-12(16)17/h9-10H,3-8H2,1-2H3,(H,14,15)(H,16,17)(H,18,19). The van der Waals surface area contributed by atoms with Crippen LogP contribution in [0.15, 0.2) is 0 Å². The van der Waals surface area contributed by atoms with Crippen molar-refractivity contribution < 1.29 is 24.6 Å². The highest BCUT2D eigenvalue weighted by atomic mass is 16.4. The summed E-state index contributed by atoms with van der Waals surface area (Å²) in [4.78, 5) is 32.9. The molecular formula is C13H23NO5. The summed E-state index contributed by atoms with van der Waals surface area (Å²) in [6, 6.07) is -1.12. The lowest BCUT2D eigenvalue weighted by molar-refractivity contribution is -0.143. The Morgan fingerprint density at radius 2 is 1.68 bits per heavy atom. The third kappa shape index (κ3) is 9.04. The molecule has 1 amide bonds. The smallest absolute Gasteiger partial charge is 0.326 e. The lowest BCUT2D eigenvalue weighted by Crippen LogP contribution is -2.41. The van der Waals surface area contributed by atoms with Crippen molar-refractivity contribution in [3.63, 3.8) is 0 Å². The number of amides is 1. The molecule has 2 atom stereocenters. The molecule has 0 aliphatic carbocycles. The average Bonchev–Trinajstić information content (AvgIpc) is 2.31. The van der Waals surface area contributed by atoms with Crippen molar-refractivity contribution in [1.82, 2.24) is 5.32 Å². The summed E-state index contributed by atoms with van der Waals surface area (Å²) in [7, 11) is 0. The van der Waals surface area contributed by atoms with Crippen LogP contribution in [-0.2, 0) is 14.4 Å². The Bertz CT molecular complexity index is 316. The van der Waals surface area contributed by atoms with Gasteiger partial charge in [-0.15, -0.1) is 0 Å². The number of hydrogen-bond donors (Lipinski definition) is 3. The second-order valence-electron chi connectivity index (χ2n) is 4.82. The van der Waals surface area contributed by atoms with Gasteiger partial charge in [0.25, 0.3) is 0 Å². The van der Waals surface area contributed by atoms with Crippen LogP contribution < -0.4 is 5.32 Å². The van der Waals surface area contributed by atoms with Crippen molar-refractivity contribution in [3.05, 3.63) is 0 Å². The molecule has 0 saturated heterocycles. The van der Waals surface area contributed by atoms with Gasteiger partial charge in [-0.05, 0) is 18.8 Å². The number of nitrogens with one attached hydrogen (secondary N) is 1. The molecule has 0 aromatic rings. The first-order valence-corrected chi connectivity index (χ1v) is 6.60. The lowest BCUT2D eigenvalue weighted by Gasteiger charge is -2.14. The van der Waals surface area contributed by atoms with Crippen LogP contribution in [0.3, 0.4) is 0 Å². The van der Waals surface area contributed by atoms with E-state index in [4.69, 9.17) is 10.2 Å². The second kappa shape index (κ2) is 9.35. The Balaban J connectivity index is 4.10. The molecule has 6 heteroatoms. The van der Waals surface area contributed by atoms with Crippen LogP contribution in [0.4, 0.5) is 0 Å². The minimum absolute atomic E-state index is 0.0963. The van der Waals surface area contributed by atoms with E-state index in [1.807, 2.05) is 0 Å². The Labute approximate surface area is 113 Å². The molecule has 3 N–H and O–H groups in total. The van der Waals surface area contributed by atoms with Crippen LogP contribution >= 0.6 is 0 Å². The van der Waals surface area contributed by atoms with Crippen molar-refractivity contribution >= 4 is 17.8 Å². The molecule has 19 heavy (non-hydrogen) atoms. The fraction of sp³-hybridized carbons (Fsp3) is 0.769. The molecule has 0 aliphatic heterocycles. The van der Waals surface area contributed by atoms with Crippen LogP contribution in [0.1, 0.15) is 52.4 Å². The van der Waals surface area contributed by atoms with Crippen LogP contribution in [0.5, 0.6) is 0 Å². The van der Waals surface area contributed by atoms with Gasteiger partial charge in [-0.2, -0.15) is 0 Å². The van der Waals surface area contributed by atoms with Gasteiger partial charge in [-0.1, -0.05) is 26.7 Å². The summed E-state index contributed by atoms with van der Waals surface area (Å²) >= 11 is 0. The first-order valence-electron chi connectivity index (χ1n) is 6.60. The minimum Gasteiger partial charge on any atom is -0.481 e. The zero-order valence-corrected chi connectivity index (χ0v) is 11.5. The normalized spacial score (nSPS) is 13.6. The number of carbonyl (C=O) groups is 3. The maximum Gasteiger partial charge on any atom is 0.326 e. The monoisotopic (exact) mass is 273 g/mol. The maximum absolute atomic E-state index is 11.6. The maximum atomic E-state index is 11.6. The molecule has 0 aromatic carbocycles. The number of aliphatic carboxylic acids is 2. The minimum atomic E-state index is -1.20. The SMILES string of the molecule is CCCC(C)CCC(=O)NC(CCC(=O)O)C(=O)O. The Kier molecular flexibility index (Phi) is 8.57. The third-order valence-corrected chi connectivity index (χ3v) is 2.93. The van der Waals surface area contributed by atoms with Crippen molar-refractivity contribution in [2.45, 2.75) is 58.4 Å². The first-order chi connectivity index (χ1) is 8.86. The van der Waals surface area contributed by atoms with Crippen LogP contribution in [0, 0.1) is 5.92 Å². The largest absolute Gasteiger partial charge is 0.481 e. The molecule has 6 nitrogen and oxygen atoms in total. The van der Waals surface area contributed by atoms with Crippen molar-refractivity contribution in [3.8, 4) is 0 Å². The van der Waals surface area contributed by atoms with E-state index < -0.39 is 18.0 Å². The van der Waals surface area contributed by atoms with E-state index in [1.165, 1.54) is 0 Å². The van der Waals surface area contributed by atoms with Gasteiger partial charge in [0.15, 0.2) is 0 Å². The third-order valence-electron chi connectivity index (χ3n) is 2.93. The van der Waals surface area contributed by atoms with E-state index >= 15 is 0 Å². The summed E-state index contributed by atoms with van der Waals surface area (Å²) in [6.45, 7) is 4.12. The number of carbonyl (C=O) groups excluding carboxylic acids is 1. The van der Waals surface area contributed by atoms with E-state index in [2.05, 4.69) is 19.2 Å². The molecular weight excluding hydrogens is 250 g/mol. The Hall–Kier alpha value is -1.59. The van der Waals surface area contributed by atoms with Crippen LogP contribution in [0.2, 0.25) is 0 Å². The molecule has 0 saturated carbocycles. The Morgan fingerprint density at radius 1 is 1.05 bits per heavy atom. The fourth-order valence-corrected chi connectivity index (χ4v) is 1.81. The van der Waals surface area contributed by atoms with Gasteiger partial charge in [0.05, 0.1) is 0 Å². The summed E-state index contributed by atoms with van der Waals surface area (Å²) < 4.78 is 0. The molecule has 0 rings (SSSR count). The van der Waals surface area contributed by atoms with Gasteiger partial charge in [-0.3, -0.25) is 9.59 Å². The predicted octanol–water partition coefficient (Wildman–Crippen LogP) is 1.64. The lowest BCUT2D eigenvalue weighted by atomic mass is 10.00. The van der Waals surface area contributed by atoms with E-state index in [1.54, 1.807) is 0 Å². The molecule has 0 aromatic heterocycles. The summed E-state index contributed by atoms with van der Waals surface area (Å²) in [5.74, 6) is -2.17. The van der Waals surface area contributed by atoms with E-state index in [0.717, 1.165) is 12.8 Å². The highest BCUT2D eigenvalue weighted by molar-refractivity contribution is 5.83. The number of carboxylic acids is 2. The second-order valence-corrected chi connectivity index (χ2v) is 4.82. The Morgan fingerprint density at radius 3 is 2.16 bits per heavy atom. The summed E-state index contributed by atoms with van der Waals surface area (Å²) in [5, 5.41) is 19.8. The zero-order valence-electron chi connectivity index (χ0n) is 11.5. The van der Waals surface area contributed by atoms with Crippen molar-refractivity contribution in [1.29, 1.82) is 0 Å². The average molecular weight is 273 g/mol. The van der Waals surface area contributed by atoms with E-state index in [0.29, 0.717) is 12.3 Å². The molecule has 0 aliphatic rings. The zero-order chi connectivity index (χ0) is 14.8. The van der Waals surface area contributed by atoms with E-state index in [9.17, 15) is 14.4 Å². The molecule has 0 bridgehead atoms. The number of hydrogen-bond acceptors (Lipinski definition) is 3. The molecule has 0 fully saturated rings. The highest BCUT2D eigenvalue weighted by Gasteiger charge is 2.20. The van der Waals surface area contributed by atoms with E-state index in [-0.39, 0.29) is 25.2 Å². The highest BCUT2D eigenvalue weighted by Crippen LogP contribution is 2.12. The number of carboxylic acid groups (broad SMARTS) is 2. The van der Waals surface area contributed by atoms with Gasteiger partial charge in [-0.25, -0.2) is 4.79 Å². The number of rotatable bonds is 10. The molecule has 0 heterocycles. The molecule has 0 radical (unpaired) electrons. The van der Waals surface area contributed by atoms with Gasteiger partial charge >= 0.3 is 11.9 Å². The van der Waals surface area contributed by atoms with Gasteiger partial charge in [0, 0.05) is 12.8 Å². The predicted molar refractivity (Wildman–Crippen MR) is 69.7 cm³/mol. The molecule has 0 spiro atoms. The van der Waals surface area contributed by atoms with Crippen LogP contribution in [-0.4, -0.2) is 34.1 Å². The first kappa shape index (κ1) is 17.4. The van der Waals surface area contributed by atoms with Gasteiger partial charge in [0.2, 0.25) is 5.91 Å². The topological polar surface area (TPSA) is 104 Å². The molecule has 110 valence electrons. The van der Waals surface area contributed by atoms with Crippen LogP contribution in [0.25, 0.3) is 0 Å². The van der Waals surface area contributed by atoms with Gasteiger partial charge < -0.3 is 15.5 Å². The quantitative estimate of drug-likeness (QED) is 0.561. The molecule has 2 unspecified atom stereocenters. The van der Waals surface area contributed by atoms with Crippen molar-refractivity contribution in [2.75, 3.05) is 0 Å². The summed E-state index contributed by atoms with van der Waals surface area (Å²) in [6.07, 6.45) is 2.71.